The van der Waals surface area contributed by atoms with E-state index in [2.05, 4.69) is 16.0 Å². The summed E-state index contributed by atoms with van der Waals surface area (Å²) in [5.41, 5.74) is 1.63. The summed E-state index contributed by atoms with van der Waals surface area (Å²) in [6.07, 6.45) is 4.80. The second-order valence-corrected chi connectivity index (χ2v) is 7.60. The van der Waals surface area contributed by atoms with Crippen LogP contribution in [0.2, 0.25) is 0 Å². The van der Waals surface area contributed by atoms with Crippen molar-refractivity contribution in [2.45, 2.75) is 32.2 Å². The summed E-state index contributed by atoms with van der Waals surface area (Å²) in [5.74, 6) is 1.21. The van der Waals surface area contributed by atoms with Crippen LogP contribution in [0.4, 0.5) is 0 Å². The molecule has 0 radical (unpaired) electrons. The first-order valence-electron chi connectivity index (χ1n) is 8.95. The van der Waals surface area contributed by atoms with E-state index in [4.69, 9.17) is 0 Å². The van der Waals surface area contributed by atoms with Crippen molar-refractivity contribution in [3.8, 4) is 0 Å². The summed E-state index contributed by atoms with van der Waals surface area (Å²) >= 11 is 1.68. The average molecular weight is 364 g/mol. The van der Waals surface area contributed by atoms with Crippen LogP contribution < -0.4 is 16.0 Å². The lowest BCUT2D eigenvalue weighted by Gasteiger charge is -2.19. The zero-order chi connectivity index (χ0) is 18.1. The maximum Gasteiger partial charge on any atom is 0.251 e. The molecule has 0 spiro atoms. The highest BCUT2D eigenvalue weighted by atomic mass is 32.2. The van der Waals surface area contributed by atoms with Gasteiger partial charge >= 0.3 is 0 Å². The van der Waals surface area contributed by atoms with Crippen molar-refractivity contribution >= 4 is 23.6 Å². The van der Waals surface area contributed by atoms with Crippen LogP contribution in [0.1, 0.15) is 35.2 Å². The number of benzene rings is 1. The van der Waals surface area contributed by atoms with Crippen LogP contribution in [-0.4, -0.2) is 49.5 Å². The zero-order valence-corrected chi connectivity index (χ0v) is 16.0. The van der Waals surface area contributed by atoms with Crippen LogP contribution >= 0.6 is 11.8 Å². The topological polar surface area (TPSA) is 70.2 Å². The third kappa shape index (κ3) is 6.71. The molecule has 1 aromatic rings. The normalized spacial score (nSPS) is 17.9. The van der Waals surface area contributed by atoms with Gasteiger partial charge in [0.25, 0.3) is 5.91 Å². The number of carbonyl (C=O) groups excluding carboxylic acids is 2. The van der Waals surface area contributed by atoms with Crippen LogP contribution in [0.3, 0.4) is 0 Å². The molecule has 2 atom stereocenters. The Labute approximate surface area is 154 Å². The minimum absolute atomic E-state index is 0.0824. The molecule has 2 rings (SSSR count). The smallest absolute Gasteiger partial charge is 0.251 e. The second kappa shape index (κ2) is 10.5. The lowest BCUT2D eigenvalue weighted by atomic mass is 10.1. The molecule has 0 aliphatic carbocycles. The van der Waals surface area contributed by atoms with E-state index in [0.717, 1.165) is 30.8 Å². The van der Waals surface area contributed by atoms with Crippen LogP contribution in [0, 0.1) is 12.8 Å². The quantitative estimate of drug-likeness (QED) is 0.627. The van der Waals surface area contributed by atoms with Crippen LogP contribution in [-0.2, 0) is 4.79 Å². The number of hydrogen-bond donors (Lipinski definition) is 3. The van der Waals surface area contributed by atoms with E-state index in [-0.39, 0.29) is 11.8 Å². The molecule has 1 aromatic carbocycles. The Kier molecular flexibility index (Phi) is 8.28. The van der Waals surface area contributed by atoms with E-state index in [0.29, 0.717) is 24.4 Å². The van der Waals surface area contributed by atoms with Gasteiger partial charge in [-0.15, -0.1) is 0 Å². The van der Waals surface area contributed by atoms with Crippen molar-refractivity contribution in [1.82, 2.24) is 16.0 Å². The van der Waals surface area contributed by atoms with E-state index in [9.17, 15) is 9.59 Å². The summed E-state index contributed by atoms with van der Waals surface area (Å²) < 4.78 is 0. The summed E-state index contributed by atoms with van der Waals surface area (Å²) in [6.45, 7) is 4.73. The molecule has 0 bridgehead atoms. The Balaban J connectivity index is 1.87. The number of hydrogen-bond acceptors (Lipinski definition) is 4. The number of rotatable bonds is 9. The van der Waals surface area contributed by atoms with Gasteiger partial charge in [0.05, 0.1) is 0 Å². The highest BCUT2D eigenvalue weighted by Crippen LogP contribution is 2.11. The molecule has 1 aliphatic rings. The van der Waals surface area contributed by atoms with Gasteiger partial charge in [-0.1, -0.05) is 17.7 Å². The van der Waals surface area contributed by atoms with E-state index >= 15 is 0 Å². The van der Waals surface area contributed by atoms with Crippen molar-refractivity contribution in [1.29, 1.82) is 0 Å². The molecule has 0 aromatic heterocycles. The number of aryl methyl sites for hydroxylation is 1. The van der Waals surface area contributed by atoms with E-state index in [1.165, 1.54) is 6.42 Å². The Bertz CT molecular complexity index is 574. The fraction of sp³-hybridized carbons (Fsp3) is 0.579. The van der Waals surface area contributed by atoms with Crippen LogP contribution in [0.25, 0.3) is 0 Å². The molecule has 6 heteroatoms. The van der Waals surface area contributed by atoms with Gasteiger partial charge in [0.1, 0.15) is 6.04 Å². The minimum Gasteiger partial charge on any atom is -0.354 e. The molecule has 1 aliphatic heterocycles. The van der Waals surface area contributed by atoms with E-state index in [1.807, 2.05) is 31.4 Å². The van der Waals surface area contributed by atoms with Crippen molar-refractivity contribution in [3.05, 3.63) is 35.4 Å². The Morgan fingerprint density at radius 2 is 2.24 bits per heavy atom. The molecular formula is C19H29N3O2S. The fourth-order valence-corrected chi connectivity index (χ4v) is 3.49. The van der Waals surface area contributed by atoms with E-state index in [1.54, 1.807) is 17.8 Å². The molecule has 2 unspecified atom stereocenters. The van der Waals surface area contributed by atoms with Gasteiger partial charge < -0.3 is 16.0 Å². The van der Waals surface area contributed by atoms with Gasteiger partial charge in [-0.3, -0.25) is 9.59 Å². The molecule has 1 saturated heterocycles. The van der Waals surface area contributed by atoms with Crippen molar-refractivity contribution in [3.63, 3.8) is 0 Å². The monoisotopic (exact) mass is 363 g/mol. The largest absolute Gasteiger partial charge is 0.354 e. The third-order valence-corrected chi connectivity index (χ3v) is 5.17. The number of carbonyl (C=O) groups is 2. The SMILES string of the molecule is CSCCC(NC(=O)c1cccc(C)c1)C(=O)NCCC1CCNC1. The molecule has 3 N–H and O–H groups in total. The maximum atomic E-state index is 12.5. The standard InChI is InChI=1S/C19H29N3O2S/c1-14-4-3-5-16(12-14)18(23)22-17(8-11-25-2)19(24)21-10-7-15-6-9-20-13-15/h3-5,12,15,17,20H,6-11,13H2,1-2H3,(H,21,24)(H,22,23). The highest BCUT2D eigenvalue weighted by molar-refractivity contribution is 7.98. The van der Waals surface area contributed by atoms with Crippen molar-refractivity contribution in [2.24, 2.45) is 5.92 Å². The molecule has 2 amide bonds. The lowest BCUT2D eigenvalue weighted by molar-refractivity contribution is -0.123. The first-order chi connectivity index (χ1) is 12.1. The maximum absolute atomic E-state index is 12.5. The minimum atomic E-state index is -0.484. The van der Waals surface area contributed by atoms with Gasteiger partial charge in [0.15, 0.2) is 0 Å². The summed E-state index contributed by atoms with van der Waals surface area (Å²) in [5, 5.41) is 9.23. The van der Waals surface area contributed by atoms with Gasteiger partial charge in [-0.05, 0) is 69.3 Å². The van der Waals surface area contributed by atoms with Gasteiger partial charge in [-0.25, -0.2) is 0 Å². The molecular weight excluding hydrogens is 334 g/mol. The first kappa shape index (κ1) is 19.8. The summed E-state index contributed by atoms with van der Waals surface area (Å²) in [6, 6.07) is 6.94. The predicted molar refractivity (Wildman–Crippen MR) is 104 cm³/mol. The van der Waals surface area contributed by atoms with Gasteiger partial charge in [0.2, 0.25) is 5.91 Å². The summed E-state index contributed by atoms with van der Waals surface area (Å²) in [7, 11) is 0. The Morgan fingerprint density at radius 1 is 1.40 bits per heavy atom. The van der Waals surface area contributed by atoms with Crippen molar-refractivity contribution in [2.75, 3.05) is 31.6 Å². The lowest BCUT2D eigenvalue weighted by Crippen LogP contribution is -2.47. The fourth-order valence-electron chi connectivity index (χ4n) is 3.02. The zero-order valence-electron chi connectivity index (χ0n) is 15.1. The molecule has 5 nitrogen and oxygen atoms in total. The Hall–Kier alpha value is -1.53. The second-order valence-electron chi connectivity index (χ2n) is 6.62. The number of thioether (sulfide) groups is 1. The predicted octanol–water partition coefficient (Wildman–Crippen LogP) is 1.96. The van der Waals surface area contributed by atoms with Crippen LogP contribution in [0.5, 0.6) is 0 Å². The third-order valence-electron chi connectivity index (χ3n) is 4.53. The first-order valence-corrected chi connectivity index (χ1v) is 10.3. The van der Waals surface area contributed by atoms with Crippen molar-refractivity contribution < 1.29 is 9.59 Å². The average Bonchev–Trinajstić information content (AvgIpc) is 3.11. The highest BCUT2D eigenvalue weighted by Gasteiger charge is 2.21. The Morgan fingerprint density at radius 3 is 2.92 bits per heavy atom. The number of amides is 2. The molecule has 25 heavy (non-hydrogen) atoms. The van der Waals surface area contributed by atoms with Gasteiger partial charge in [-0.2, -0.15) is 11.8 Å². The molecule has 1 heterocycles. The number of nitrogens with one attached hydrogen (secondary N) is 3. The van der Waals surface area contributed by atoms with Gasteiger partial charge in [0, 0.05) is 12.1 Å². The van der Waals surface area contributed by atoms with E-state index < -0.39 is 6.04 Å². The molecule has 1 fully saturated rings. The molecule has 0 saturated carbocycles. The summed E-state index contributed by atoms with van der Waals surface area (Å²) in [4.78, 5) is 25.0. The van der Waals surface area contributed by atoms with Crippen LogP contribution in [0.15, 0.2) is 24.3 Å². The molecule has 138 valence electrons.